The van der Waals surface area contributed by atoms with E-state index in [1.807, 2.05) is 36.4 Å². The average Bonchev–Trinajstić information content (AvgIpc) is 3.27. The molecule has 5 nitrogen and oxygen atoms in total. The summed E-state index contributed by atoms with van der Waals surface area (Å²) in [6, 6.07) is 18.3. The zero-order valence-corrected chi connectivity index (χ0v) is 15.8. The minimum atomic E-state index is -3.30. The molecule has 0 radical (unpaired) electrons. The number of carbonyl (C=O) groups excluding carboxylic acids is 1. The first-order chi connectivity index (χ1) is 13.0. The van der Waals surface area contributed by atoms with Crippen LogP contribution in [0, 0.1) is 11.8 Å². The molecule has 2 aromatic rings. The normalized spacial score (nSPS) is 24.6. The first kappa shape index (κ1) is 18.0. The summed E-state index contributed by atoms with van der Waals surface area (Å²) < 4.78 is 31.1. The number of rotatable bonds is 4. The summed E-state index contributed by atoms with van der Waals surface area (Å²) in [6.45, 7) is 1.43. The quantitative estimate of drug-likeness (QED) is 0.808. The van der Waals surface area contributed by atoms with Gasteiger partial charge in [-0.05, 0) is 42.4 Å². The van der Waals surface area contributed by atoms with Gasteiger partial charge in [-0.2, -0.15) is 0 Å². The van der Waals surface area contributed by atoms with Crippen LogP contribution in [0.5, 0.6) is 0 Å². The fraction of sp³-hybridized carbons (Fsp3) is 0.381. The predicted octanol–water partition coefficient (Wildman–Crippen LogP) is 3.51. The van der Waals surface area contributed by atoms with E-state index < -0.39 is 9.84 Å². The summed E-state index contributed by atoms with van der Waals surface area (Å²) in [5, 5.41) is -0.350. The second-order valence-corrected chi connectivity index (χ2v) is 9.64. The summed E-state index contributed by atoms with van der Waals surface area (Å²) in [5.74, 6) is 0.468. The molecular weight excluding hydrogens is 362 g/mol. The molecule has 2 fully saturated rings. The van der Waals surface area contributed by atoms with Crippen LogP contribution < -0.4 is 0 Å². The number of carbonyl (C=O) groups is 1. The molecule has 6 heteroatoms. The van der Waals surface area contributed by atoms with Crippen molar-refractivity contribution in [3.05, 3.63) is 66.2 Å². The Hall–Kier alpha value is -2.34. The Morgan fingerprint density at radius 1 is 0.926 bits per heavy atom. The zero-order chi connectivity index (χ0) is 18.9. The van der Waals surface area contributed by atoms with Crippen molar-refractivity contribution in [3.63, 3.8) is 0 Å². The molecule has 3 atom stereocenters. The molecule has 1 saturated heterocycles. The minimum Gasteiger partial charge on any atom is -0.445 e. The number of amides is 1. The summed E-state index contributed by atoms with van der Waals surface area (Å²) in [4.78, 5) is 14.5. The maximum Gasteiger partial charge on any atom is 0.410 e. The molecule has 0 unspecified atom stereocenters. The predicted molar refractivity (Wildman–Crippen MR) is 102 cm³/mol. The first-order valence-corrected chi connectivity index (χ1v) is 10.8. The average molecular weight is 385 g/mol. The van der Waals surface area contributed by atoms with Crippen LogP contribution in [0.2, 0.25) is 0 Å². The van der Waals surface area contributed by atoms with Crippen molar-refractivity contribution < 1.29 is 17.9 Å². The summed E-state index contributed by atoms with van der Waals surface area (Å²) in [6.07, 6.45) is 0.921. The SMILES string of the molecule is O=C(OCc1ccccc1)N1C[C@H]2C[C@H](S(=O)(=O)c3ccccc3)C[C@H]2C1. The van der Waals surface area contributed by atoms with Gasteiger partial charge in [-0.15, -0.1) is 0 Å². The lowest BCUT2D eigenvalue weighted by Crippen LogP contribution is -2.31. The van der Waals surface area contributed by atoms with Crippen molar-refractivity contribution in [1.29, 1.82) is 0 Å². The number of likely N-dealkylation sites (tertiary alicyclic amines) is 1. The third-order valence-corrected chi connectivity index (χ3v) is 7.87. The number of hydrogen-bond acceptors (Lipinski definition) is 4. The molecular formula is C21H23NO4S. The van der Waals surface area contributed by atoms with Crippen molar-refractivity contribution in [2.45, 2.75) is 29.6 Å². The van der Waals surface area contributed by atoms with Gasteiger partial charge in [0.1, 0.15) is 6.61 Å². The summed E-state index contributed by atoms with van der Waals surface area (Å²) in [7, 11) is -3.30. The van der Waals surface area contributed by atoms with Crippen molar-refractivity contribution in [2.24, 2.45) is 11.8 Å². The number of hydrogen-bond donors (Lipinski definition) is 0. The van der Waals surface area contributed by atoms with Gasteiger partial charge in [0.05, 0.1) is 10.1 Å². The number of fused-ring (bicyclic) bond motifs is 1. The van der Waals surface area contributed by atoms with Crippen molar-refractivity contribution in [2.75, 3.05) is 13.1 Å². The third kappa shape index (κ3) is 3.72. The molecule has 142 valence electrons. The van der Waals surface area contributed by atoms with Gasteiger partial charge >= 0.3 is 6.09 Å². The van der Waals surface area contributed by atoms with E-state index in [1.54, 1.807) is 29.2 Å². The van der Waals surface area contributed by atoms with E-state index in [2.05, 4.69) is 0 Å². The Labute approximate surface area is 159 Å². The molecule has 0 aromatic heterocycles. The number of ether oxygens (including phenoxy) is 1. The fourth-order valence-corrected chi connectivity index (χ4v) is 6.18. The van der Waals surface area contributed by atoms with Crippen molar-refractivity contribution in [1.82, 2.24) is 4.90 Å². The van der Waals surface area contributed by atoms with E-state index in [1.165, 1.54) is 0 Å². The highest BCUT2D eigenvalue weighted by Gasteiger charge is 2.47. The molecule has 0 N–H and O–H groups in total. The van der Waals surface area contributed by atoms with Gasteiger partial charge in [-0.25, -0.2) is 13.2 Å². The molecule has 0 spiro atoms. The Balaban J connectivity index is 1.34. The second kappa shape index (κ2) is 7.35. The van der Waals surface area contributed by atoms with E-state index in [9.17, 15) is 13.2 Å². The zero-order valence-electron chi connectivity index (χ0n) is 15.0. The van der Waals surface area contributed by atoms with Crippen LogP contribution >= 0.6 is 0 Å². The Morgan fingerprint density at radius 3 is 2.07 bits per heavy atom. The Kier molecular flexibility index (Phi) is 4.91. The standard InChI is InChI=1S/C21H23NO4S/c23-21(26-15-16-7-3-1-4-8-16)22-13-17-11-20(12-18(17)14-22)27(24,25)19-9-5-2-6-10-19/h1-10,17-18,20H,11-15H2/t17-,18+,20+. The smallest absolute Gasteiger partial charge is 0.410 e. The molecule has 1 saturated carbocycles. The molecule has 2 aromatic carbocycles. The van der Waals surface area contributed by atoms with E-state index >= 15 is 0 Å². The highest BCUT2D eigenvalue weighted by molar-refractivity contribution is 7.92. The van der Waals surface area contributed by atoms with E-state index in [0.29, 0.717) is 30.8 Å². The lowest BCUT2D eigenvalue weighted by atomic mass is 10.0. The molecule has 1 aliphatic carbocycles. The fourth-order valence-electron chi connectivity index (χ4n) is 4.26. The first-order valence-electron chi connectivity index (χ1n) is 9.28. The van der Waals surface area contributed by atoms with Crippen LogP contribution in [0.1, 0.15) is 18.4 Å². The molecule has 4 rings (SSSR count). The Morgan fingerprint density at radius 2 is 1.48 bits per heavy atom. The minimum absolute atomic E-state index is 0.234. The summed E-state index contributed by atoms with van der Waals surface area (Å²) >= 11 is 0. The van der Waals surface area contributed by atoms with Gasteiger partial charge in [-0.1, -0.05) is 48.5 Å². The van der Waals surface area contributed by atoms with Crippen molar-refractivity contribution >= 4 is 15.9 Å². The van der Waals surface area contributed by atoms with Gasteiger partial charge in [0.25, 0.3) is 0 Å². The van der Waals surface area contributed by atoms with Gasteiger partial charge < -0.3 is 9.64 Å². The highest BCUT2D eigenvalue weighted by atomic mass is 32.2. The van der Waals surface area contributed by atoms with Crippen molar-refractivity contribution in [3.8, 4) is 0 Å². The Bertz CT molecular complexity index is 884. The van der Waals surface area contributed by atoms with Crippen LogP contribution in [0.3, 0.4) is 0 Å². The van der Waals surface area contributed by atoms with Gasteiger partial charge in [-0.3, -0.25) is 0 Å². The van der Waals surface area contributed by atoms with Crippen LogP contribution in [0.15, 0.2) is 65.6 Å². The molecule has 1 amide bonds. The third-order valence-electron chi connectivity index (χ3n) is 5.68. The monoisotopic (exact) mass is 385 g/mol. The molecule has 2 aliphatic rings. The van der Waals surface area contributed by atoms with Gasteiger partial charge in [0.15, 0.2) is 9.84 Å². The van der Waals surface area contributed by atoms with Gasteiger partial charge in [0.2, 0.25) is 0 Å². The lowest BCUT2D eigenvalue weighted by molar-refractivity contribution is 0.102. The molecule has 27 heavy (non-hydrogen) atoms. The van der Waals surface area contributed by atoms with Gasteiger partial charge in [0, 0.05) is 13.1 Å². The topological polar surface area (TPSA) is 63.7 Å². The van der Waals surface area contributed by atoms with E-state index in [0.717, 1.165) is 5.56 Å². The second-order valence-electron chi connectivity index (χ2n) is 7.42. The number of benzene rings is 2. The van der Waals surface area contributed by atoms with Crippen LogP contribution in [-0.4, -0.2) is 37.8 Å². The van der Waals surface area contributed by atoms with Crippen LogP contribution in [0.4, 0.5) is 4.79 Å². The lowest BCUT2D eigenvalue weighted by Gasteiger charge is -2.19. The van der Waals surface area contributed by atoms with E-state index in [-0.39, 0.29) is 29.8 Å². The maximum absolute atomic E-state index is 12.8. The number of sulfone groups is 1. The molecule has 1 heterocycles. The van der Waals surface area contributed by atoms with Crippen LogP contribution in [-0.2, 0) is 21.2 Å². The highest BCUT2D eigenvalue weighted by Crippen LogP contribution is 2.42. The summed E-state index contributed by atoms with van der Waals surface area (Å²) in [5.41, 5.74) is 0.958. The van der Waals surface area contributed by atoms with Crippen LogP contribution in [0.25, 0.3) is 0 Å². The molecule has 0 bridgehead atoms. The van der Waals surface area contributed by atoms with E-state index in [4.69, 9.17) is 4.74 Å². The molecule has 1 aliphatic heterocycles. The number of nitrogens with zero attached hydrogens (tertiary/aromatic N) is 1. The maximum atomic E-state index is 12.8. The largest absolute Gasteiger partial charge is 0.445 e.